The van der Waals surface area contributed by atoms with Crippen LogP contribution in [0.25, 0.3) is 0 Å². The van der Waals surface area contributed by atoms with E-state index in [1.54, 1.807) is 17.0 Å². The third kappa shape index (κ3) is 3.21. The van der Waals surface area contributed by atoms with Crippen LogP contribution in [0.2, 0.25) is 0 Å². The molecule has 1 saturated heterocycles. The Kier molecular flexibility index (Phi) is 4.00. The zero-order valence-corrected chi connectivity index (χ0v) is 12.1. The third-order valence-corrected chi connectivity index (χ3v) is 4.29. The standard InChI is InChI=1S/C16H18FNO4/c17-10-1-3-11(4-2-10)22-12-5-7-18(8-6-12)15(19)13-9-14(13)16(20)21/h1-4,12-14H,5-9H2,(H,20,21)/t13-,14+/m0/s1. The van der Waals surface area contributed by atoms with E-state index in [-0.39, 0.29) is 23.7 Å². The second-order valence-corrected chi connectivity index (χ2v) is 5.88. The van der Waals surface area contributed by atoms with Gasteiger partial charge in [0.25, 0.3) is 0 Å². The quantitative estimate of drug-likeness (QED) is 0.923. The predicted octanol–water partition coefficient (Wildman–Crippen LogP) is 1.92. The van der Waals surface area contributed by atoms with Crippen molar-refractivity contribution < 1.29 is 23.8 Å². The third-order valence-electron chi connectivity index (χ3n) is 4.29. The number of nitrogens with zero attached hydrogens (tertiary/aromatic N) is 1. The summed E-state index contributed by atoms with van der Waals surface area (Å²) in [4.78, 5) is 24.7. The Morgan fingerprint density at radius 1 is 1.14 bits per heavy atom. The molecule has 0 radical (unpaired) electrons. The van der Waals surface area contributed by atoms with Gasteiger partial charge in [0, 0.05) is 25.9 Å². The zero-order valence-electron chi connectivity index (χ0n) is 12.1. The number of carboxylic acids is 1. The highest BCUT2D eigenvalue weighted by atomic mass is 19.1. The number of likely N-dealkylation sites (tertiary alicyclic amines) is 1. The highest BCUT2D eigenvalue weighted by Gasteiger charge is 2.50. The number of rotatable bonds is 4. The number of carbonyl (C=O) groups excluding carboxylic acids is 1. The van der Waals surface area contributed by atoms with Crippen LogP contribution >= 0.6 is 0 Å². The van der Waals surface area contributed by atoms with Crippen LogP contribution in [0, 0.1) is 17.7 Å². The van der Waals surface area contributed by atoms with E-state index in [0.717, 1.165) is 0 Å². The number of aliphatic carboxylic acids is 1. The van der Waals surface area contributed by atoms with Gasteiger partial charge in [0.2, 0.25) is 5.91 Å². The maximum atomic E-state index is 12.8. The van der Waals surface area contributed by atoms with Gasteiger partial charge >= 0.3 is 5.97 Å². The number of benzene rings is 1. The van der Waals surface area contributed by atoms with Crippen LogP contribution in [0.3, 0.4) is 0 Å². The largest absolute Gasteiger partial charge is 0.490 e. The van der Waals surface area contributed by atoms with Gasteiger partial charge in [-0.25, -0.2) is 4.39 Å². The molecule has 0 spiro atoms. The van der Waals surface area contributed by atoms with Crippen LogP contribution in [0.4, 0.5) is 4.39 Å². The van der Waals surface area contributed by atoms with Crippen molar-refractivity contribution in [2.45, 2.75) is 25.4 Å². The molecule has 1 saturated carbocycles. The summed E-state index contributed by atoms with van der Waals surface area (Å²) in [6.45, 7) is 1.15. The van der Waals surface area contributed by atoms with Crippen molar-refractivity contribution >= 4 is 11.9 Å². The number of hydrogen-bond acceptors (Lipinski definition) is 3. The molecule has 5 nitrogen and oxygen atoms in total. The fourth-order valence-corrected chi connectivity index (χ4v) is 2.88. The lowest BCUT2D eigenvalue weighted by atomic mass is 10.1. The molecule has 2 fully saturated rings. The van der Waals surface area contributed by atoms with Crippen LogP contribution in [0.15, 0.2) is 24.3 Å². The lowest BCUT2D eigenvalue weighted by molar-refractivity contribution is -0.142. The first-order valence-electron chi connectivity index (χ1n) is 7.48. The average Bonchev–Trinajstić information content (AvgIpc) is 3.30. The van der Waals surface area contributed by atoms with Crippen molar-refractivity contribution in [2.24, 2.45) is 11.8 Å². The molecule has 2 aliphatic rings. The first kappa shape index (κ1) is 14.8. The molecule has 1 heterocycles. The summed E-state index contributed by atoms with van der Waals surface area (Å²) in [5, 5.41) is 8.88. The summed E-state index contributed by atoms with van der Waals surface area (Å²) >= 11 is 0. The van der Waals surface area contributed by atoms with Crippen molar-refractivity contribution in [1.29, 1.82) is 0 Å². The smallest absolute Gasteiger partial charge is 0.307 e. The lowest BCUT2D eigenvalue weighted by Crippen LogP contribution is -2.42. The second kappa shape index (κ2) is 5.94. The summed E-state index contributed by atoms with van der Waals surface area (Å²) < 4.78 is 18.6. The van der Waals surface area contributed by atoms with Gasteiger partial charge in [0.05, 0.1) is 11.8 Å². The first-order chi connectivity index (χ1) is 10.5. The number of piperidine rings is 1. The first-order valence-corrected chi connectivity index (χ1v) is 7.48. The van der Waals surface area contributed by atoms with Crippen LogP contribution in [-0.4, -0.2) is 41.1 Å². The van der Waals surface area contributed by atoms with Gasteiger partial charge in [0.15, 0.2) is 0 Å². The molecule has 3 rings (SSSR count). The van der Waals surface area contributed by atoms with Crippen molar-refractivity contribution in [2.75, 3.05) is 13.1 Å². The van der Waals surface area contributed by atoms with Crippen molar-refractivity contribution in [1.82, 2.24) is 4.90 Å². The highest BCUT2D eigenvalue weighted by molar-refractivity contribution is 5.89. The van der Waals surface area contributed by atoms with Crippen molar-refractivity contribution in [3.8, 4) is 5.75 Å². The van der Waals surface area contributed by atoms with Crippen LogP contribution in [0.1, 0.15) is 19.3 Å². The summed E-state index contributed by atoms with van der Waals surface area (Å²) in [6, 6.07) is 5.89. The summed E-state index contributed by atoms with van der Waals surface area (Å²) in [5.74, 6) is -1.45. The molecule has 1 aromatic rings. The van der Waals surface area contributed by atoms with Gasteiger partial charge in [-0.2, -0.15) is 0 Å². The zero-order chi connectivity index (χ0) is 15.7. The molecule has 0 unspecified atom stereocenters. The molecule has 1 aliphatic heterocycles. The molecule has 0 bridgehead atoms. The van der Waals surface area contributed by atoms with E-state index in [9.17, 15) is 14.0 Å². The maximum Gasteiger partial charge on any atom is 0.307 e. The Hall–Kier alpha value is -2.11. The Morgan fingerprint density at radius 3 is 2.32 bits per heavy atom. The number of hydrogen-bond donors (Lipinski definition) is 1. The molecular formula is C16H18FNO4. The second-order valence-electron chi connectivity index (χ2n) is 5.88. The molecule has 1 aliphatic carbocycles. The van der Waals surface area contributed by atoms with E-state index in [1.807, 2.05) is 0 Å². The Balaban J connectivity index is 1.47. The van der Waals surface area contributed by atoms with Gasteiger partial charge in [-0.15, -0.1) is 0 Å². The maximum absolute atomic E-state index is 12.8. The summed E-state index contributed by atoms with van der Waals surface area (Å²) in [6.07, 6.45) is 1.87. The Morgan fingerprint density at radius 2 is 1.77 bits per heavy atom. The van der Waals surface area contributed by atoms with Gasteiger partial charge in [-0.3, -0.25) is 9.59 Å². The Labute approximate surface area is 127 Å². The van der Waals surface area contributed by atoms with Crippen molar-refractivity contribution in [3.05, 3.63) is 30.1 Å². The van der Waals surface area contributed by atoms with E-state index < -0.39 is 11.9 Å². The minimum Gasteiger partial charge on any atom is -0.490 e. The number of halogens is 1. The molecule has 6 heteroatoms. The SMILES string of the molecule is O=C(O)[C@@H]1C[C@@H]1C(=O)N1CCC(Oc2ccc(F)cc2)CC1. The molecule has 22 heavy (non-hydrogen) atoms. The monoisotopic (exact) mass is 307 g/mol. The average molecular weight is 307 g/mol. The number of ether oxygens (including phenoxy) is 1. The van der Waals surface area contributed by atoms with Gasteiger partial charge in [-0.1, -0.05) is 0 Å². The van der Waals surface area contributed by atoms with Crippen LogP contribution in [-0.2, 0) is 9.59 Å². The lowest BCUT2D eigenvalue weighted by Gasteiger charge is -2.32. The van der Waals surface area contributed by atoms with Crippen molar-refractivity contribution in [3.63, 3.8) is 0 Å². The Bertz CT molecular complexity index is 566. The fourth-order valence-electron chi connectivity index (χ4n) is 2.88. The molecular weight excluding hydrogens is 289 g/mol. The summed E-state index contributed by atoms with van der Waals surface area (Å²) in [5.41, 5.74) is 0. The molecule has 0 aromatic heterocycles. The number of carbonyl (C=O) groups is 2. The molecule has 118 valence electrons. The van der Waals surface area contributed by atoms with E-state index >= 15 is 0 Å². The van der Waals surface area contributed by atoms with Crippen LogP contribution < -0.4 is 4.74 Å². The topological polar surface area (TPSA) is 66.8 Å². The minimum absolute atomic E-state index is 0.00369. The van der Waals surface area contributed by atoms with Crippen LogP contribution in [0.5, 0.6) is 5.75 Å². The molecule has 1 N–H and O–H groups in total. The predicted molar refractivity (Wildman–Crippen MR) is 75.9 cm³/mol. The van der Waals surface area contributed by atoms with Gasteiger partial charge in [-0.05, 0) is 30.7 Å². The number of amides is 1. The van der Waals surface area contributed by atoms with E-state index in [4.69, 9.17) is 9.84 Å². The van der Waals surface area contributed by atoms with E-state index in [0.29, 0.717) is 38.1 Å². The van der Waals surface area contributed by atoms with E-state index in [2.05, 4.69) is 0 Å². The fraction of sp³-hybridized carbons (Fsp3) is 0.500. The molecule has 2 atom stereocenters. The minimum atomic E-state index is -0.882. The molecule has 1 aromatic carbocycles. The summed E-state index contributed by atoms with van der Waals surface area (Å²) in [7, 11) is 0. The molecule has 1 amide bonds. The van der Waals surface area contributed by atoms with Gasteiger partial charge in [0.1, 0.15) is 17.7 Å². The normalized spacial score (nSPS) is 24.9. The highest BCUT2D eigenvalue weighted by Crippen LogP contribution is 2.40. The van der Waals surface area contributed by atoms with E-state index in [1.165, 1.54) is 12.1 Å². The number of carboxylic acid groups (broad SMARTS) is 1. The van der Waals surface area contributed by atoms with Gasteiger partial charge < -0.3 is 14.7 Å².